The van der Waals surface area contributed by atoms with E-state index in [0.29, 0.717) is 19.5 Å². The van der Waals surface area contributed by atoms with Crippen molar-refractivity contribution in [3.8, 4) is 22.6 Å². The average Bonchev–Trinajstić information content (AvgIpc) is 3.06. The molecule has 1 aromatic heterocycles. The van der Waals surface area contributed by atoms with Crippen LogP contribution in [-0.4, -0.2) is 37.4 Å². The molecular formula is C19H24BNO4. The summed E-state index contributed by atoms with van der Waals surface area (Å²) in [7, 11) is 0.968. The van der Waals surface area contributed by atoms with Gasteiger partial charge in [-0.25, -0.2) is 0 Å². The Labute approximate surface area is 149 Å². The van der Waals surface area contributed by atoms with Gasteiger partial charge >= 0.3 is 7.12 Å². The molecular weight excluding hydrogens is 317 g/mol. The molecule has 1 atom stereocenters. The number of pyridine rings is 1. The molecule has 0 aliphatic carbocycles. The first kappa shape index (κ1) is 17.8. The van der Waals surface area contributed by atoms with Gasteiger partial charge in [0.15, 0.2) is 11.5 Å². The number of ether oxygens (including phenoxy) is 2. The number of benzene rings is 1. The summed E-state index contributed by atoms with van der Waals surface area (Å²) in [5.74, 6) is 1.65. The van der Waals surface area contributed by atoms with Crippen molar-refractivity contribution in [2.45, 2.75) is 32.5 Å². The second-order valence-corrected chi connectivity index (χ2v) is 6.34. The van der Waals surface area contributed by atoms with E-state index >= 15 is 0 Å². The topological polar surface area (TPSA) is 60.8 Å². The van der Waals surface area contributed by atoms with E-state index in [1.54, 1.807) is 7.11 Å². The fraction of sp³-hybridized carbons (Fsp3) is 0.421. The summed E-state index contributed by atoms with van der Waals surface area (Å²) in [5, 5.41) is 9.64. The number of rotatable bonds is 6. The van der Waals surface area contributed by atoms with Crippen LogP contribution in [0.5, 0.6) is 11.5 Å². The van der Waals surface area contributed by atoms with Crippen molar-refractivity contribution in [1.82, 2.24) is 4.98 Å². The van der Waals surface area contributed by atoms with Crippen LogP contribution in [0.1, 0.15) is 30.4 Å². The monoisotopic (exact) mass is 341 g/mol. The molecule has 0 bridgehead atoms. The standard InChI is InChI=1S/C19H24BNO4/c1-4-7-24-19-8-14(5-6-18(19)23-3)16-10-21-11-17(13(16)2)15-9-20(22)25-12-15/h5-6,8,10-11,15,22H,4,7,9,12H2,1-3H3. The van der Waals surface area contributed by atoms with Gasteiger partial charge in [-0.3, -0.25) is 4.98 Å². The van der Waals surface area contributed by atoms with Crippen LogP contribution in [0.15, 0.2) is 30.6 Å². The normalized spacial score (nSPS) is 17.0. The molecule has 2 heterocycles. The van der Waals surface area contributed by atoms with Crippen molar-refractivity contribution in [3.63, 3.8) is 0 Å². The Morgan fingerprint density at radius 1 is 1.32 bits per heavy atom. The van der Waals surface area contributed by atoms with E-state index in [1.165, 1.54) is 0 Å². The zero-order valence-corrected chi connectivity index (χ0v) is 15.0. The van der Waals surface area contributed by atoms with Crippen LogP contribution < -0.4 is 9.47 Å². The van der Waals surface area contributed by atoms with Gasteiger partial charge in [-0.15, -0.1) is 0 Å². The maximum absolute atomic E-state index is 9.64. The molecule has 0 spiro atoms. The zero-order valence-electron chi connectivity index (χ0n) is 15.0. The first-order chi connectivity index (χ1) is 12.1. The number of hydrogen-bond acceptors (Lipinski definition) is 5. The van der Waals surface area contributed by atoms with Crippen LogP contribution in [0.4, 0.5) is 0 Å². The summed E-state index contributed by atoms with van der Waals surface area (Å²) >= 11 is 0. The molecule has 1 saturated heterocycles. The molecule has 1 unspecified atom stereocenters. The van der Waals surface area contributed by atoms with E-state index in [-0.39, 0.29) is 5.92 Å². The molecule has 1 aliphatic heterocycles. The Kier molecular flexibility index (Phi) is 5.61. The van der Waals surface area contributed by atoms with Crippen LogP contribution >= 0.6 is 0 Å². The Morgan fingerprint density at radius 3 is 2.84 bits per heavy atom. The fourth-order valence-corrected chi connectivity index (χ4v) is 3.24. The average molecular weight is 341 g/mol. The minimum atomic E-state index is -0.678. The number of aromatic nitrogens is 1. The minimum absolute atomic E-state index is 0.177. The first-order valence-electron chi connectivity index (χ1n) is 8.69. The molecule has 5 nitrogen and oxygen atoms in total. The van der Waals surface area contributed by atoms with Crippen molar-refractivity contribution in [2.24, 2.45) is 0 Å². The minimum Gasteiger partial charge on any atom is -0.493 e. The number of nitrogens with zero attached hydrogens (tertiary/aromatic N) is 1. The Bertz CT molecular complexity index is 737. The molecule has 132 valence electrons. The van der Waals surface area contributed by atoms with Gasteiger partial charge in [0.1, 0.15) is 0 Å². The second kappa shape index (κ2) is 7.89. The van der Waals surface area contributed by atoms with Gasteiger partial charge < -0.3 is 19.2 Å². The molecule has 2 aromatic rings. The van der Waals surface area contributed by atoms with Crippen molar-refractivity contribution in [3.05, 3.63) is 41.7 Å². The molecule has 0 radical (unpaired) electrons. The van der Waals surface area contributed by atoms with Gasteiger partial charge in [-0.05, 0) is 48.5 Å². The fourth-order valence-electron chi connectivity index (χ4n) is 3.24. The summed E-state index contributed by atoms with van der Waals surface area (Å²) in [6.07, 6.45) is 5.30. The largest absolute Gasteiger partial charge is 0.493 e. The highest BCUT2D eigenvalue weighted by atomic mass is 16.5. The van der Waals surface area contributed by atoms with E-state index in [0.717, 1.165) is 40.2 Å². The molecule has 1 fully saturated rings. The van der Waals surface area contributed by atoms with Gasteiger partial charge in [0.2, 0.25) is 0 Å². The van der Waals surface area contributed by atoms with Gasteiger partial charge in [0.25, 0.3) is 0 Å². The smallest absolute Gasteiger partial charge is 0.454 e. The maximum Gasteiger partial charge on any atom is 0.454 e. The highest BCUT2D eigenvalue weighted by molar-refractivity contribution is 6.43. The van der Waals surface area contributed by atoms with Gasteiger partial charge in [-0.1, -0.05) is 13.0 Å². The lowest BCUT2D eigenvalue weighted by molar-refractivity contribution is 0.292. The molecule has 6 heteroatoms. The first-order valence-corrected chi connectivity index (χ1v) is 8.69. The quantitative estimate of drug-likeness (QED) is 0.816. The summed E-state index contributed by atoms with van der Waals surface area (Å²) in [4.78, 5) is 4.42. The van der Waals surface area contributed by atoms with E-state index in [1.807, 2.05) is 30.6 Å². The number of methoxy groups -OCH3 is 1. The van der Waals surface area contributed by atoms with E-state index in [2.05, 4.69) is 18.8 Å². The van der Waals surface area contributed by atoms with Gasteiger partial charge in [0.05, 0.1) is 13.7 Å². The second-order valence-electron chi connectivity index (χ2n) is 6.34. The summed E-state index contributed by atoms with van der Waals surface area (Å²) in [6.45, 7) is 5.34. The molecule has 0 amide bonds. The molecule has 1 N–H and O–H groups in total. The third-order valence-corrected chi connectivity index (χ3v) is 4.61. The van der Waals surface area contributed by atoms with E-state index < -0.39 is 7.12 Å². The van der Waals surface area contributed by atoms with Crippen LogP contribution in [0.3, 0.4) is 0 Å². The van der Waals surface area contributed by atoms with Crippen LogP contribution in [0.2, 0.25) is 6.32 Å². The van der Waals surface area contributed by atoms with Crippen molar-refractivity contribution in [1.29, 1.82) is 0 Å². The van der Waals surface area contributed by atoms with Crippen molar-refractivity contribution >= 4 is 7.12 Å². The Hall–Kier alpha value is -2.05. The van der Waals surface area contributed by atoms with Gasteiger partial charge in [0, 0.05) is 30.5 Å². The lowest BCUT2D eigenvalue weighted by atomic mass is 9.78. The van der Waals surface area contributed by atoms with Crippen LogP contribution in [0.25, 0.3) is 11.1 Å². The lowest BCUT2D eigenvalue weighted by Crippen LogP contribution is -2.08. The Balaban J connectivity index is 1.96. The summed E-state index contributed by atoms with van der Waals surface area (Å²) in [6, 6.07) is 5.95. The maximum atomic E-state index is 9.64. The van der Waals surface area contributed by atoms with Crippen molar-refractivity contribution in [2.75, 3.05) is 20.3 Å². The van der Waals surface area contributed by atoms with Crippen LogP contribution in [0, 0.1) is 6.92 Å². The predicted molar refractivity (Wildman–Crippen MR) is 98.2 cm³/mol. The highest BCUT2D eigenvalue weighted by Gasteiger charge is 2.31. The van der Waals surface area contributed by atoms with Gasteiger partial charge in [-0.2, -0.15) is 0 Å². The predicted octanol–water partition coefficient (Wildman–Crippen LogP) is 3.45. The molecule has 25 heavy (non-hydrogen) atoms. The third kappa shape index (κ3) is 3.80. The SMILES string of the molecule is CCCOc1cc(-c2cncc(C3COB(O)C3)c2C)ccc1OC. The third-order valence-electron chi connectivity index (χ3n) is 4.61. The Morgan fingerprint density at radius 2 is 2.16 bits per heavy atom. The molecule has 0 saturated carbocycles. The lowest BCUT2D eigenvalue weighted by Gasteiger charge is -2.16. The van der Waals surface area contributed by atoms with Crippen LogP contribution in [-0.2, 0) is 4.65 Å². The molecule has 1 aromatic carbocycles. The van der Waals surface area contributed by atoms with Crippen molar-refractivity contribution < 1.29 is 19.2 Å². The highest BCUT2D eigenvalue weighted by Crippen LogP contribution is 2.37. The van der Waals surface area contributed by atoms with E-state index in [4.69, 9.17) is 14.1 Å². The summed E-state index contributed by atoms with van der Waals surface area (Å²) in [5.41, 5.74) is 4.38. The molecule has 3 rings (SSSR count). The zero-order chi connectivity index (χ0) is 17.8. The molecule has 1 aliphatic rings. The number of hydrogen-bond donors (Lipinski definition) is 1. The summed E-state index contributed by atoms with van der Waals surface area (Å²) < 4.78 is 16.5. The van der Waals surface area contributed by atoms with E-state index in [9.17, 15) is 5.02 Å².